The summed E-state index contributed by atoms with van der Waals surface area (Å²) in [6, 6.07) is 52.9. The van der Waals surface area contributed by atoms with Crippen LogP contribution in [0, 0.1) is 11.6 Å². The predicted molar refractivity (Wildman–Crippen MR) is 365 cm³/mol. The van der Waals surface area contributed by atoms with Gasteiger partial charge in [-0.1, -0.05) is 265 Å². The van der Waals surface area contributed by atoms with E-state index in [9.17, 15) is 8.78 Å². The molecule has 0 aliphatic carbocycles. The highest BCUT2D eigenvalue weighted by atomic mass is 19.1. The van der Waals surface area contributed by atoms with Gasteiger partial charge in [-0.05, 0) is 156 Å². The van der Waals surface area contributed by atoms with E-state index in [-0.39, 0.29) is 11.6 Å². The van der Waals surface area contributed by atoms with Gasteiger partial charge in [0.2, 0.25) is 5.79 Å². The van der Waals surface area contributed by atoms with Crippen LogP contribution >= 0.6 is 0 Å². The first-order valence-corrected chi connectivity index (χ1v) is 33.3. The molecular formula is C81H98F3N3. The van der Waals surface area contributed by atoms with Gasteiger partial charge in [-0.2, -0.15) is 0 Å². The van der Waals surface area contributed by atoms with E-state index in [2.05, 4.69) is 130 Å². The van der Waals surface area contributed by atoms with Crippen molar-refractivity contribution in [1.29, 1.82) is 0 Å². The van der Waals surface area contributed by atoms with E-state index in [4.69, 9.17) is 0 Å². The van der Waals surface area contributed by atoms with Gasteiger partial charge in [0.05, 0.1) is 11.4 Å². The zero-order chi connectivity index (χ0) is 61.5. The van der Waals surface area contributed by atoms with Crippen LogP contribution in [0.15, 0.2) is 188 Å². The highest BCUT2D eigenvalue weighted by molar-refractivity contribution is 5.75. The number of aryl methyl sites for hydroxylation is 6. The smallest absolute Gasteiger partial charge is 0.225 e. The average molecular weight is 1170 g/mol. The largest absolute Gasteiger partial charge is 0.352 e. The molecule has 0 spiro atoms. The molecule has 1 unspecified atom stereocenters. The molecule has 0 radical (unpaired) electrons. The normalized spacial score (nSPS) is 13.5. The Morgan fingerprint density at radius 1 is 0.345 bits per heavy atom. The van der Waals surface area contributed by atoms with E-state index in [1.54, 1.807) is 24.4 Å². The Bertz CT molecular complexity index is 3290. The summed E-state index contributed by atoms with van der Waals surface area (Å²) in [6.07, 6.45) is 38.0. The highest BCUT2D eigenvalue weighted by Crippen LogP contribution is 2.33. The number of allylic oxidation sites excluding steroid dienone is 2. The lowest BCUT2D eigenvalue weighted by atomic mass is 9.95. The van der Waals surface area contributed by atoms with E-state index in [0.29, 0.717) is 28.1 Å². The van der Waals surface area contributed by atoms with Crippen LogP contribution in [0.25, 0.3) is 50.3 Å². The summed E-state index contributed by atoms with van der Waals surface area (Å²) in [7, 11) is 0. The molecule has 1 N–H and O–H groups in total. The van der Waals surface area contributed by atoms with E-state index >= 15 is 4.39 Å². The van der Waals surface area contributed by atoms with Gasteiger partial charge in [0.25, 0.3) is 0 Å². The minimum atomic E-state index is -1.65. The molecule has 1 aliphatic heterocycles. The van der Waals surface area contributed by atoms with Gasteiger partial charge < -0.3 is 5.32 Å². The average Bonchev–Trinajstić information content (AvgIpc) is 3.00. The second-order valence-corrected chi connectivity index (χ2v) is 23.8. The summed E-state index contributed by atoms with van der Waals surface area (Å²) in [5.74, 6) is -2.03. The second kappa shape index (κ2) is 36.7. The maximum atomic E-state index is 15.3. The molecule has 0 bridgehead atoms. The van der Waals surface area contributed by atoms with Crippen LogP contribution in [-0.2, 0) is 44.3 Å². The molecule has 8 aromatic rings. The molecule has 458 valence electrons. The number of rotatable bonds is 30. The van der Waals surface area contributed by atoms with Crippen molar-refractivity contribution in [3.8, 4) is 44.8 Å². The fourth-order valence-corrected chi connectivity index (χ4v) is 11.3. The number of pyridine rings is 2. The molecule has 6 heteroatoms. The Balaban J connectivity index is 0.000000187. The zero-order valence-corrected chi connectivity index (χ0v) is 53.4. The number of nitrogens with one attached hydrogen (secondary N) is 1. The van der Waals surface area contributed by atoms with Crippen LogP contribution in [0.4, 0.5) is 13.2 Å². The van der Waals surface area contributed by atoms with Crippen molar-refractivity contribution in [3.05, 3.63) is 245 Å². The van der Waals surface area contributed by atoms with Gasteiger partial charge >= 0.3 is 0 Å². The summed E-state index contributed by atoms with van der Waals surface area (Å²) < 4.78 is 44.3. The number of hydrogen-bond donors (Lipinski definition) is 1. The predicted octanol–water partition coefficient (Wildman–Crippen LogP) is 23.5. The van der Waals surface area contributed by atoms with E-state index in [0.717, 1.165) is 102 Å². The number of unbranched alkanes of at least 4 members (excludes halogenated alkanes) is 12. The molecule has 0 amide bonds. The van der Waals surface area contributed by atoms with Gasteiger partial charge in [-0.3, -0.25) is 9.97 Å². The lowest BCUT2D eigenvalue weighted by Crippen LogP contribution is -2.34. The van der Waals surface area contributed by atoms with Crippen molar-refractivity contribution in [2.75, 3.05) is 0 Å². The molecule has 1 aliphatic rings. The van der Waals surface area contributed by atoms with Crippen molar-refractivity contribution in [2.24, 2.45) is 0 Å². The topological polar surface area (TPSA) is 37.8 Å². The van der Waals surface area contributed by atoms with Gasteiger partial charge in [0.15, 0.2) is 0 Å². The van der Waals surface area contributed by atoms with Crippen molar-refractivity contribution < 1.29 is 13.2 Å². The fraction of sp³-hybridized carbons (Fsp3) is 0.383. The Morgan fingerprint density at radius 2 is 0.690 bits per heavy atom. The Labute approximate surface area is 522 Å². The third kappa shape index (κ3) is 21.5. The molecule has 1 atom stereocenters. The second-order valence-electron chi connectivity index (χ2n) is 23.8. The number of nitrogens with zero attached hydrogens (tertiary/aromatic N) is 2. The zero-order valence-electron chi connectivity index (χ0n) is 53.4. The number of halogens is 3. The molecular weight excluding hydrogens is 1070 g/mol. The molecule has 3 nitrogen and oxygen atoms in total. The molecule has 6 aromatic carbocycles. The summed E-state index contributed by atoms with van der Waals surface area (Å²) >= 11 is 0. The van der Waals surface area contributed by atoms with Crippen LogP contribution in [0.3, 0.4) is 0 Å². The van der Waals surface area contributed by atoms with Crippen LogP contribution in [-0.4, -0.2) is 9.97 Å². The van der Waals surface area contributed by atoms with Crippen LogP contribution < -0.4 is 5.32 Å². The maximum absolute atomic E-state index is 15.3. The Morgan fingerprint density at radius 3 is 1.06 bits per heavy atom. The summed E-state index contributed by atoms with van der Waals surface area (Å²) in [5, 5.41) is 2.96. The molecule has 3 heterocycles. The highest BCUT2D eigenvalue weighted by Gasteiger charge is 2.30. The summed E-state index contributed by atoms with van der Waals surface area (Å²) in [6.45, 7) is 13.1. The SMILES string of the molecule is CCCCCCCCc1ccc(-c2ccc(-c3ccc(CCC)cc3F)nc2)cc1.CCCCCCCc1ccc(-c2ccc(-c3ccc(CCC)cc3F)nc2)cc1.CCCCCCc1ccc(C2=CNC(F)(c3ccc(CCC)cc3)C=C2)cc1. The van der Waals surface area contributed by atoms with Gasteiger partial charge in [-0.15, -0.1) is 0 Å². The van der Waals surface area contributed by atoms with Gasteiger partial charge in [0, 0.05) is 46.4 Å². The molecule has 9 rings (SSSR count). The lowest BCUT2D eigenvalue weighted by molar-refractivity contribution is 0.200. The first-order valence-electron chi connectivity index (χ1n) is 33.3. The van der Waals surface area contributed by atoms with Crippen LogP contribution in [0.2, 0.25) is 0 Å². The van der Waals surface area contributed by atoms with Gasteiger partial charge in [0.1, 0.15) is 11.6 Å². The van der Waals surface area contributed by atoms with E-state index in [1.165, 1.54) is 119 Å². The third-order valence-electron chi connectivity index (χ3n) is 16.6. The van der Waals surface area contributed by atoms with Gasteiger partial charge in [-0.25, -0.2) is 13.2 Å². The van der Waals surface area contributed by atoms with E-state index in [1.807, 2.05) is 91.3 Å². The summed E-state index contributed by atoms with van der Waals surface area (Å²) in [5.41, 5.74) is 17.2. The summed E-state index contributed by atoms with van der Waals surface area (Å²) in [4.78, 5) is 9.05. The standard InChI is InChI=1S/C28H34FN.C27H32FN.C26H32FN/c1-3-5-6-7-8-9-11-22-12-15-24(16-13-22)25-17-19-28(30-21-25)26-18-14-23(10-4-2)20-27(26)29;1-3-5-6-7-8-10-21-11-14-23(15-12-21)24-16-18-27(29-20-24)25-17-13-22(9-4-2)19-26(25)28;1-3-5-6-7-9-22-10-14-23(15-11-22)24-18-19-26(27,28-20-24)25-16-12-21(8-4-2)13-17-25/h12-21H,3-11H2,1-2H3;11-20H,3-10H2,1-2H3;10-20,28H,3-9H2,1-2H3. The first kappa shape index (κ1) is 67.2. The third-order valence-corrected chi connectivity index (χ3v) is 16.6. The minimum Gasteiger partial charge on any atom is -0.352 e. The number of benzene rings is 6. The molecule has 2 aromatic heterocycles. The fourth-order valence-electron chi connectivity index (χ4n) is 11.3. The van der Waals surface area contributed by atoms with Crippen LogP contribution in [0.1, 0.15) is 202 Å². The van der Waals surface area contributed by atoms with Crippen molar-refractivity contribution in [1.82, 2.24) is 15.3 Å². The molecule has 0 saturated carbocycles. The van der Waals surface area contributed by atoms with E-state index < -0.39 is 5.79 Å². The number of aromatic nitrogens is 2. The number of hydrogen-bond acceptors (Lipinski definition) is 3. The number of dihydropyridines is 1. The lowest BCUT2D eigenvalue weighted by Gasteiger charge is -2.27. The Hall–Kier alpha value is -7.31. The maximum Gasteiger partial charge on any atom is 0.225 e. The van der Waals surface area contributed by atoms with Crippen molar-refractivity contribution in [2.45, 2.75) is 201 Å². The monoisotopic (exact) mass is 1170 g/mol. The molecule has 87 heavy (non-hydrogen) atoms. The Kier molecular flexibility index (Phi) is 28.4. The van der Waals surface area contributed by atoms with Crippen molar-refractivity contribution >= 4 is 5.57 Å². The van der Waals surface area contributed by atoms with Crippen molar-refractivity contribution in [3.63, 3.8) is 0 Å². The first-order chi connectivity index (χ1) is 42.6. The van der Waals surface area contributed by atoms with Crippen LogP contribution in [0.5, 0.6) is 0 Å². The number of alkyl halides is 1. The minimum absolute atomic E-state index is 0.194. The quantitative estimate of drug-likeness (QED) is 0.0360. The molecule has 0 fully saturated rings. The molecule has 0 saturated heterocycles.